The number of carbonyl (C=O) groups is 1. The zero-order valence-electron chi connectivity index (χ0n) is 10.3. The van der Waals surface area contributed by atoms with E-state index in [0.717, 1.165) is 11.3 Å². The Kier molecular flexibility index (Phi) is 3.32. The van der Waals surface area contributed by atoms with E-state index in [9.17, 15) is 4.79 Å². The van der Waals surface area contributed by atoms with Crippen LogP contribution in [0.3, 0.4) is 0 Å². The van der Waals surface area contributed by atoms with E-state index in [2.05, 4.69) is 5.10 Å². The van der Waals surface area contributed by atoms with Gasteiger partial charge in [0.1, 0.15) is 12.4 Å². The van der Waals surface area contributed by atoms with Gasteiger partial charge in [-0.25, -0.2) is 4.79 Å². The molecule has 0 unspecified atom stereocenters. The third kappa shape index (κ3) is 2.68. The third-order valence-electron chi connectivity index (χ3n) is 2.57. The van der Waals surface area contributed by atoms with E-state index < -0.39 is 5.97 Å². The second-order valence-corrected chi connectivity index (χ2v) is 4.05. The van der Waals surface area contributed by atoms with Gasteiger partial charge in [-0.1, -0.05) is 0 Å². The zero-order chi connectivity index (χ0) is 13.1. The van der Waals surface area contributed by atoms with Gasteiger partial charge in [0.15, 0.2) is 0 Å². The maximum absolute atomic E-state index is 10.8. The maximum atomic E-state index is 10.8. The number of benzene rings is 1. The molecular weight excluding hydrogens is 232 g/mol. The molecule has 0 amide bonds. The molecule has 1 heterocycles. The van der Waals surface area contributed by atoms with Gasteiger partial charge in [-0.05, 0) is 36.8 Å². The molecule has 0 saturated carbocycles. The topological polar surface area (TPSA) is 64.3 Å². The summed E-state index contributed by atoms with van der Waals surface area (Å²) in [7, 11) is 1.84. The Morgan fingerprint density at radius 2 is 2.22 bits per heavy atom. The fourth-order valence-corrected chi connectivity index (χ4v) is 1.64. The lowest BCUT2D eigenvalue weighted by Gasteiger charge is -2.08. The highest BCUT2D eigenvalue weighted by atomic mass is 16.5. The zero-order valence-corrected chi connectivity index (χ0v) is 10.3. The Hall–Kier alpha value is -2.30. The predicted octanol–water partition coefficient (Wildman–Crippen LogP) is 2.01. The number of aryl methyl sites for hydroxylation is 2. The monoisotopic (exact) mass is 246 g/mol. The van der Waals surface area contributed by atoms with Gasteiger partial charge in [-0.15, -0.1) is 0 Å². The van der Waals surface area contributed by atoms with Gasteiger partial charge in [0.2, 0.25) is 0 Å². The van der Waals surface area contributed by atoms with Crippen molar-refractivity contribution in [3.05, 3.63) is 47.3 Å². The van der Waals surface area contributed by atoms with Crippen molar-refractivity contribution >= 4 is 5.97 Å². The molecule has 0 radical (unpaired) electrons. The molecule has 0 aliphatic heterocycles. The molecule has 1 N–H and O–H groups in total. The Morgan fingerprint density at radius 1 is 1.44 bits per heavy atom. The number of aromatic carboxylic acids is 1. The largest absolute Gasteiger partial charge is 0.487 e. The highest BCUT2D eigenvalue weighted by molar-refractivity contribution is 5.88. The molecule has 0 fully saturated rings. The summed E-state index contributed by atoms with van der Waals surface area (Å²) in [6, 6.07) is 6.67. The minimum atomic E-state index is -0.936. The summed E-state index contributed by atoms with van der Waals surface area (Å²) < 4.78 is 7.31. The van der Waals surface area contributed by atoms with Crippen molar-refractivity contribution in [3.8, 4) is 5.75 Å². The summed E-state index contributed by atoms with van der Waals surface area (Å²) in [5.74, 6) is -0.264. The van der Waals surface area contributed by atoms with Gasteiger partial charge in [0.05, 0.1) is 11.3 Å². The number of rotatable bonds is 4. The fourth-order valence-electron chi connectivity index (χ4n) is 1.64. The van der Waals surface area contributed by atoms with Crippen LogP contribution in [0.2, 0.25) is 0 Å². The highest BCUT2D eigenvalue weighted by Crippen LogP contribution is 2.20. The number of carboxylic acid groups (broad SMARTS) is 1. The Balaban J connectivity index is 2.08. The summed E-state index contributed by atoms with van der Waals surface area (Å²) in [4.78, 5) is 10.8. The molecule has 5 heteroatoms. The quantitative estimate of drug-likeness (QED) is 0.896. The summed E-state index contributed by atoms with van der Waals surface area (Å²) in [6.07, 6.45) is 1.85. The molecule has 2 aromatic rings. The Morgan fingerprint density at radius 3 is 2.78 bits per heavy atom. The summed E-state index contributed by atoms with van der Waals surface area (Å²) in [6.45, 7) is 2.19. The van der Waals surface area contributed by atoms with E-state index in [0.29, 0.717) is 12.4 Å². The molecule has 94 valence electrons. The molecule has 0 aliphatic carbocycles. The van der Waals surface area contributed by atoms with Crippen LogP contribution in [0.5, 0.6) is 5.75 Å². The summed E-state index contributed by atoms with van der Waals surface area (Å²) >= 11 is 0. The van der Waals surface area contributed by atoms with Crippen LogP contribution in [0.1, 0.15) is 21.6 Å². The summed E-state index contributed by atoms with van der Waals surface area (Å²) in [5, 5.41) is 13.1. The van der Waals surface area contributed by atoms with Gasteiger partial charge in [0, 0.05) is 13.2 Å². The van der Waals surface area contributed by atoms with Crippen molar-refractivity contribution in [3.63, 3.8) is 0 Å². The van der Waals surface area contributed by atoms with Gasteiger partial charge >= 0.3 is 5.97 Å². The normalized spacial score (nSPS) is 10.3. The molecule has 2 rings (SSSR count). The van der Waals surface area contributed by atoms with Gasteiger partial charge < -0.3 is 9.84 Å². The van der Waals surface area contributed by atoms with Crippen molar-refractivity contribution < 1.29 is 14.6 Å². The molecule has 0 atom stereocenters. The lowest BCUT2D eigenvalue weighted by atomic mass is 10.1. The van der Waals surface area contributed by atoms with E-state index in [1.165, 1.54) is 6.07 Å². The smallest absolute Gasteiger partial charge is 0.335 e. The first-order chi connectivity index (χ1) is 8.56. The lowest BCUT2D eigenvalue weighted by molar-refractivity contribution is 0.0696. The van der Waals surface area contributed by atoms with Crippen molar-refractivity contribution in [1.29, 1.82) is 0 Å². The Labute approximate surface area is 105 Å². The van der Waals surface area contributed by atoms with Crippen molar-refractivity contribution in [2.45, 2.75) is 13.5 Å². The average molecular weight is 246 g/mol. The number of nitrogens with zero attached hydrogens (tertiary/aromatic N) is 2. The average Bonchev–Trinajstić information content (AvgIpc) is 2.73. The Bertz CT molecular complexity index is 575. The lowest BCUT2D eigenvalue weighted by Crippen LogP contribution is -2.01. The molecule has 0 aliphatic rings. The minimum absolute atomic E-state index is 0.262. The molecule has 18 heavy (non-hydrogen) atoms. The molecule has 0 saturated heterocycles. The van der Waals surface area contributed by atoms with Gasteiger partial charge in [0.25, 0.3) is 0 Å². The molecule has 0 bridgehead atoms. The number of hydrogen-bond acceptors (Lipinski definition) is 3. The van der Waals surface area contributed by atoms with Crippen molar-refractivity contribution in [1.82, 2.24) is 9.78 Å². The van der Waals surface area contributed by atoms with Crippen LogP contribution in [-0.4, -0.2) is 20.9 Å². The standard InChI is InChI=1S/C13H14N2O3/c1-9-7-10(13(16)17)3-4-12(9)18-8-11-5-6-15(2)14-11/h3-7H,8H2,1-2H3,(H,16,17). The highest BCUT2D eigenvalue weighted by Gasteiger charge is 2.07. The summed E-state index contributed by atoms with van der Waals surface area (Å²) in [5.41, 5.74) is 1.89. The third-order valence-corrected chi connectivity index (χ3v) is 2.57. The second kappa shape index (κ2) is 4.91. The van der Waals surface area contributed by atoms with E-state index in [-0.39, 0.29) is 5.56 Å². The van der Waals surface area contributed by atoms with Crippen LogP contribution in [-0.2, 0) is 13.7 Å². The molecule has 5 nitrogen and oxygen atoms in total. The van der Waals surface area contributed by atoms with Crippen LogP contribution >= 0.6 is 0 Å². The van der Waals surface area contributed by atoms with E-state index in [1.807, 2.05) is 26.2 Å². The van der Waals surface area contributed by atoms with Crippen LogP contribution in [0.4, 0.5) is 0 Å². The molecule has 1 aromatic heterocycles. The van der Waals surface area contributed by atoms with Gasteiger partial charge in [-0.3, -0.25) is 4.68 Å². The van der Waals surface area contributed by atoms with Crippen LogP contribution in [0.25, 0.3) is 0 Å². The predicted molar refractivity (Wildman–Crippen MR) is 65.7 cm³/mol. The van der Waals surface area contributed by atoms with E-state index in [4.69, 9.17) is 9.84 Å². The number of ether oxygens (including phenoxy) is 1. The first kappa shape index (κ1) is 12.2. The molecule has 0 spiro atoms. The van der Waals surface area contributed by atoms with Crippen molar-refractivity contribution in [2.24, 2.45) is 7.05 Å². The first-order valence-electron chi connectivity index (χ1n) is 5.51. The molecular formula is C13H14N2O3. The second-order valence-electron chi connectivity index (χ2n) is 4.05. The fraction of sp³-hybridized carbons (Fsp3) is 0.231. The number of hydrogen-bond donors (Lipinski definition) is 1. The van der Waals surface area contributed by atoms with Crippen LogP contribution in [0.15, 0.2) is 30.5 Å². The van der Waals surface area contributed by atoms with Crippen LogP contribution in [0, 0.1) is 6.92 Å². The maximum Gasteiger partial charge on any atom is 0.335 e. The molecule has 1 aromatic carbocycles. The first-order valence-corrected chi connectivity index (χ1v) is 5.51. The minimum Gasteiger partial charge on any atom is -0.487 e. The van der Waals surface area contributed by atoms with E-state index in [1.54, 1.807) is 16.8 Å². The number of aromatic nitrogens is 2. The van der Waals surface area contributed by atoms with Gasteiger partial charge in [-0.2, -0.15) is 5.10 Å². The van der Waals surface area contributed by atoms with Crippen molar-refractivity contribution in [2.75, 3.05) is 0 Å². The van der Waals surface area contributed by atoms with Crippen LogP contribution < -0.4 is 4.74 Å². The number of carboxylic acids is 1. The van der Waals surface area contributed by atoms with E-state index >= 15 is 0 Å². The SMILES string of the molecule is Cc1cc(C(=O)O)ccc1OCc1ccn(C)n1.